The van der Waals surface area contributed by atoms with Gasteiger partial charge < -0.3 is 10.3 Å². The Kier molecular flexibility index (Phi) is 4.41. The lowest BCUT2D eigenvalue weighted by atomic mass is 10.4. The van der Waals surface area contributed by atoms with Gasteiger partial charge in [0, 0.05) is 19.4 Å². The molecule has 2 aromatic rings. The predicted octanol–water partition coefficient (Wildman–Crippen LogP) is 1.05. The van der Waals surface area contributed by atoms with Crippen molar-refractivity contribution in [1.82, 2.24) is 14.9 Å². The van der Waals surface area contributed by atoms with Crippen molar-refractivity contribution in [3.63, 3.8) is 0 Å². The molecule has 0 saturated carbocycles. The van der Waals surface area contributed by atoms with E-state index in [0.29, 0.717) is 16.4 Å². The second-order valence-corrected chi connectivity index (χ2v) is 5.03. The molecule has 104 valence electrons. The van der Waals surface area contributed by atoms with Crippen LogP contribution in [0.2, 0.25) is 0 Å². The summed E-state index contributed by atoms with van der Waals surface area (Å²) in [6.45, 7) is 0. The molecule has 2 amide bonds. The van der Waals surface area contributed by atoms with E-state index in [1.165, 1.54) is 11.8 Å². The number of nitrogens with zero attached hydrogens (tertiary/aromatic N) is 2. The Hall–Kier alpha value is -2.28. The highest BCUT2D eigenvalue weighted by atomic mass is 32.2. The average molecular weight is 290 g/mol. The highest BCUT2D eigenvalue weighted by Gasteiger charge is 2.13. The first-order valence-electron chi connectivity index (χ1n) is 5.86. The summed E-state index contributed by atoms with van der Waals surface area (Å²) in [4.78, 5) is 27.6. The fraction of sp³-hybridized carbons (Fsp3) is 0.154. The number of nitrogens with one attached hydrogen (secondary N) is 1. The number of hydrogen-bond acceptors (Lipinski definition) is 5. The van der Waals surface area contributed by atoms with Crippen molar-refractivity contribution in [3.8, 4) is 0 Å². The first-order valence-corrected chi connectivity index (χ1v) is 6.85. The molecule has 2 rings (SSSR count). The van der Waals surface area contributed by atoms with E-state index in [4.69, 9.17) is 5.73 Å². The van der Waals surface area contributed by atoms with Gasteiger partial charge in [0.15, 0.2) is 0 Å². The van der Waals surface area contributed by atoms with E-state index in [9.17, 15) is 9.59 Å². The zero-order valence-electron chi connectivity index (χ0n) is 10.9. The van der Waals surface area contributed by atoms with Crippen molar-refractivity contribution in [2.75, 3.05) is 11.5 Å². The minimum Gasteiger partial charge on any atom is -0.397 e. The van der Waals surface area contributed by atoms with Crippen LogP contribution in [0.3, 0.4) is 0 Å². The maximum Gasteiger partial charge on any atom is 0.274 e. The molecule has 0 aliphatic rings. The van der Waals surface area contributed by atoms with Gasteiger partial charge in [-0.15, -0.1) is 0 Å². The summed E-state index contributed by atoms with van der Waals surface area (Å²) in [7, 11) is 1.74. The first-order chi connectivity index (χ1) is 9.58. The molecule has 0 saturated heterocycles. The number of nitrogen functional groups attached to an aromatic ring is 1. The molecule has 3 N–H and O–H groups in total. The predicted molar refractivity (Wildman–Crippen MR) is 77.3 cm³/mol. The van der Waals surface area contributed by atoms with Crippen LogP contribution in [0.15, 0.2) is 41.7 Å². The molecule has 0 bridgehead atoms. The third kappa shape index (κ3) is 3.39. The van der Waals surface area contributed by atoms with E-state index in [-0.39, 0.29) is 11.7 Å². The molecule has 2 aromatic heterocycles. The van der Waals surface area contributed by atoms with Crippen molar-refractivity contribution in [3.05, 3.63) is 42.4 Å². The molecule has 0 aliphatic carbocycles. The van der Waals surface area contributed by atoms with Gasteiger partial charge >= 0.3 is 0 Å². The summed E-state index contributed by atoms with van der Waals surface area (Å²) in [5.74, 6) is -0.722. The summed E-state index contributed by atoms with van der Waals surface area (Å²) >= 11 is 1.19. The Morgan fingerprint density at radius 3 is 2.85 bits per heavy atom. The van der Waals surface area contributed by atoms with Crippen LogP contribution in [0, 0.1) is 0 Å². The number of imide groups is 1. The smallest absolute Gasteiger partial charge is 0.274 e. The Bertz CT molecular complexity index is 639. The summed E-state index contributed by atoms with van der Waals surface area (Å²) in [5.41, 5.74) is 6.66. The molecular weight excluding hydrogens is 276 g/mol. The van der Waals surface area contributed by atoms with Gasteiger partial charge in [0.1, 0.15) is 10.7 Å². The second kappa shape index (κ2) is 6.25. The normalized spacial score (nSPS) is 10.2. The van der Waals surface area contributed by atoms with Gasteiger partial charge in [0.2, 0.25) is 5.91 Å². The van der Waals surface area contributed by atoms with Gasteiger partial charge in [-0.05, 0) is 24.3 Å². The highest BCUT2D eigenvalue weighted by Crippen LogP contribution is 2.20. The van der Waals surface area contributed by atoms with Gasteiger partial charge in [-0.3, -0.25) is 14.9 Å². The minimum atomic E-state index is -0.419. The quantitative estimate of drug-likeness (QED) is 0.821. The van der Waals surface area contributed by atoms with Gasteiger partial charge in [0.05, 0.1) is 11.4 Å². The van der Waals surface area contributed by atoms with Crippen LogP contribution in [-0.4, -0.2) is 27.1 Å². The van der Waals surface area contributed by atoms with Crippen molar-refractivity contribution >= 4 is 29.3 Å². The summed E-state index contributed by atoms with van der Waals surface area (Å²) in [6.07, 6.45) is 3.34. The average Bonchev–Trinajstić information content (AvgIpc) is 2.84. The van der Waals surface area contributed by atoms with E-state index < -0.39 is 5.91 Å². The number of carbonyl (C=O) groups is 2. The topological polar surface area (TPSA) is 90.0 Å². The third-order valence-corrected chi connectivity index (χ3v) is 3.59. The number of nitrogens with two attached hydrogens (primary N) is 1. The number of carbonyl (C=O) groups excluding carboxylic acids is 2. The molecule has 0 aliphatic heterocycles. The van der Waals surface area contributed by atoms with E-state index in [0.717, 1.165) is 0 Å². The van der Waals surface area contributed by atoms with Gasteiger partial charge in [-0.1, -0.05) is 11.8 Å². The van der Waals surface area contributed by atoms with E-state index >= 15 is 0 Å². The molecule has 6 nitrogen and oxygen atoms in total. The first kappa shape index (κ1) is 14.1. The molecular formula is C13H14N4O2S. The lowest BCUT2D eigenvalue weighted by Gasteiger charge is -2.06. The fourth-order valence-corrected chi connectivity index (χ4v) is 2.29. The van der Waals surface area contributed by atoms with Gasteiger partial charge in [0.25, 0.3) is 5.91 Å². The highest BCUT2D eigenvalue weighted by molar-refractivity contribution is 8.00. The number of aromatic nitrogens is 2. The number of anilines is 1. The second-order valence-electron chi connectivity index (χ2n) is 4.07. The maximum absolute atomic E-state index is 11.8. The number of thioether (sulfide) groups is 1. The van der Waals surface area contributed by atoms with Crippen molar-refractivity contribution in [2.45, 2.75) is 5.03 Å². The monoisotopic (exact) mass is 290 g/mol. The zero-order chi connectivity index (χ0) is 14.5. The van der Waals surface area contributed by atoms with Crippen molar-refractivity contribution in [1.29, 1.82) is 0 Å². The summed E-state index contributed by atoms with van der Waals surface area (Å²) in [6, 6.07) is 6.82. The number of pyridine rings is 1. The third-order valence-electron chi connectivity index (χ3n) is 2.57. The number of amides is 2. The molecule has 2 heterocycles. The fourth-order valence-electron chi connectivity index (χ4n) is 1.58. The minimum absolute atomic E-state index is 0.0807. The largest absolute Gasteiger partial charge is 0.397 e. The van der Waals surface area contributed by atoms with Crippen molar-refractivity contribution in [2.24, 2.45) is 7.05 Å². The molecule has 0 spiro atoms. The Balaban J connectivity index is 1.89. The number of rotatable bonds is 4. The lowest BCUT2D eigenvalue weighted by molar-refractivity contribution is -0.117. The molecule has 0 aromatic carbocycles. The summed E-state index contributed by atoms with van der Waals surface area (Å²) < 4.78 is 1.65. The SMILES string of the molecule is Cn1cccc1C(=O)NC(=O)CSc1ncccc1N. The van der Waals surface area contributed by atoms with E-state index in [1.807, 2.05) is 0 Å². The Morgan fingerprint density at radius 1 is 1.40 bits per heavy atom. The molecule has 0 atom stereocenters. The van der Waals surface area contributed by atoms with Crippen LogP contribution in [-0.2, 0) is 11.8 Å². The van der Waals surface area contributed by atoms with E-state index in [1.54, 1.807) is 48.3 Å². The zero-order valence-corrected chi connectivity index (χ0v) is 11.7. The van der Waals surface area contributed by atoms with Gasteiger partial charge in [-0.25, -0.2) is 4.98 Å². The van der Waals surface area contributed by atoms with Gasteiger partial charge in [-0.2, -0.15) is 0 Å². The van der Waals surface area contributed by atoms with Crippen LogP contribution >= 0.6 is 11.8 Å². The van der Waals surface area contributed by atoms with Crippen LogP contribution in [0.1, 0.15) is 10.5 Å². The summed E-state index contributed by atoms with van der Waals surface area (Å²) in [5, 5.41) is 2.90. The molecule has 7 heteroatoms. The maximum atomic E-state index is 11.8. The van der Waals surface area contributed by atoms with E-state index in [2.05, 4.69) is 10.3 Å². The van der Waals surface area contributed by atoms with Crippen molar-refractivity contribution < 1.29 is 9.59 Å². The van der Waals surface area contributed by atoms with Crippen LogP contribution < -0.4 is 11.1 Å². The lowest BCUT2D eigenvalue weighted by Crippen LogP contribution is -2.33. The standard InChI is InChI=1S/C13H14N4O2S/c1-17-7-3-5-10(17)12(19)16-11(18)8-20-13-9(14)4-2-6-15-13/h2-7H,8,14H2,1H3,(H,16,18,19). The van der Waals surface area contributed by atoms with Crippen LogP contribution in [0.5, 0.6) is 0 Å². The number of hydrogen-bond donors (Lipinski definition) is 2. The Morgan fingerprint density at radius 2 is 2.20 bits per heavy atom. The molecule has 20 heavy (non-hydrogen) atoms. The molecule has 0 unspecified atom stereocenters. The molecule has 0 radical (unpaired) electrons. The van der Waals surface area contributed by atoms with Crippen LogP contribution in [0.4, 0.5) is 5.69 Å². The molecule has 0 fully saturated rings. The number of aryl methyl sites for hydroxylation is 1. The van der Waals surface area contributed by atoms with Crippen LogP contribution in [0.25, 0.3) is 0 Å². The Labute approximate surface area is 120 Å².